The van der Waals surface area contributed by atoms with Gasteiger partial charge in [-0.05, 0) is 42.5 Å². The molecule has 0 saturated heterocycles. The van der Waals surface area contributed by atoms with E-state index in [2.05, 4.69) is 4.98 Å². The molecule has 1 radical (unpaired) electrons. The van der Waals surface area contributed by atoms with Crippen molar-refractivity contribution in [1.29, 1.82) is 0 Å². The third kappa shape index (κ3) is 2.46. The Morgan fingerprint density at radius 1 is 0.947 bits per heavy atom. The van der Waals surface area contributed by atoms with E-state index < -0.39 is 0 Å². The Bertz CT molecular complexity index is 726. The molecule has 1 aromatic heterocycles. The van der Waals surface area contributed by atoms with Crippen LogP contribution in [0.4, 0.5) is 0 Å². The second kappa shape index (κ2) is 4.78. The maximum Gasteiger partial charge on any atom is 0.270 e. The molecule has 0 amide bonds. The molecular weight excluding hydrogens is 262 g/mol. The molecule has 0 bridgehead atoms. The van der Waals surface area contributed by atoms with Gasteiger partial charge in [0.15, 0.2) is 0 Å². The highest BCUT2D eigenvalue weighted by atomic mass is 35.5. The zero-order valence-electron chi connectivity index (χ0n) is 9.84. The van der Waals surface area contributed by atoms with Crippen molar-refractivity contribution in [2.45, 2.75) is 0 Å². The second-order valence-corrected chi connectivity index (χ2v) is 4.46. The first-order valence-corrected chi connectivity index (χ1v) is 6.10. The van der Waals surface area contributed by atoms with Crippen LogP contribution in [0.15, 0.2) is 54.6 Å². The summed E-state index contributed by atoms with van der Waals surface area (Å²) in [5.41, 5.74) is 0.624. The van der Waals surface area contributed by atoms with Crippen molar-refractivity contribution >= 4 is 22.5 Å². The Kier molecular flexibility index (Phi) is 2.97. The minimum absolute atomic E-state index is 0.254. The van der Waals surface area contributed by atoms with Gasteiger partial charge in [0.25, 0.3) is 5.88 Å². The van der Waals surface area contributed by atoms with Crippen LogP contribution in [0.3, 0.4) is 0 Å². The minimum atomic E-state index is -0.254. The van der Waals surface area contributed by atoms with Crippen LogP contribution in [-0.4, -0.2) is 4.98 Å². The van der Waals surface area contributed by atoms with E-state index in [1.807, 2.05) is 6.07 Å². The number of hydrogen-bond acceptors (Lipinski definition) is 2. The number of aromatic nitrogens is 1. The highest BCUT2D eigenvalue weighted by molar-refractivity contribution is 6.30. The van der Waals surface area contributed by atoms with Gasteiger partial charge in [-0.3, -0.25) is 5.11 Å². The maximum absolute atomic E-state index is 11.2. The van der Waals surface area contributed by atoms with Gasteiger partial charge in [0, 0.05) is 16.5 Å². The molecule has 1 heterocycles. The van der Waals surface area contributed by atoms with E-state index in [9.17, 15) is 5.11 Å². The SMILES string of the molecule is [O]c1ccc2c(Oc3ccc(Cl)cc3)cccc2n1. The average molecular weight is 271 g/mol. The number of rotatable bonds is 2. The summed E-state index contributed by atoms with van der Waals surface area (Å²) in [4.78, 5) is 3.94. The van der Waals surface area contributed by atoms with E-state index in [4.69, 9.17) is 16.3 Å². The van der Waals surface area contributed by atoms with Crippen LogP contribution in [0, 0.1) is 0 Å². The van der Waals surface area contributed by atoms with Crippen LogP contribution >= 0.6 is 11.6 Å². The highest BCUT2D eigenvalue weighted by Crippen LogP contribution is 2.30. The molecule has 0 fully saturated rings. The largest absolute Gasteiger partial charge is 0.457 e. The normalized spacial score (nSPS) is 10.6. The van der Waals surface area contributed by atoms with Crippen LogP contribution in [0.1, 0.15) is 0 Å². The van der Waals surface area contributed by atoms with Crippen molar-refractivity contribution in [3.05, 3.63) is 59.6 Å². The van der Waals surface area contributed by atoms with Crippen LogP contribution < -0.4 is 4.74 Å². The summed E-state index contributed by atoms with van der Waals surface area (Å²) in [6.45, 7) is 0. The third-order valence-electron chi connectivity index (χ3n) is 2.71. The molecule has 0 unspecified atom stereocenters. The highest BCUT2D eigenvalue weighted by Gasteiger charge is 2.05. The molecule has 0 aliphatic carbocycles. The lowest BCUT2D eigenvalue weighted by atomic mass is 10.2. The van der Waals surface area contributed by atoms with Gasteiger partial charge in [0.1, 0.15) is 11.5 Å². The Hall–Kier alpha value is -2.26. The molecule has 93 valence electrons. The second-order valence-electron chi connectivity index (χ2n) is 4.03. The van der Waals surface area contributed by atoms with Crippen LogP contribution in [-0.2, 0) is 5.11 Å². The molecule has 3 rings (SSSR count). The molecule has 3 nitrogen and oxygen atoms in total. The number of halogens is 1. The fourth-order valence-corrected chi connectivity index (χ4v) is 1.95. The smallest absolute Gasteiger partial charge is 0.270 e. The van der Waals surface area contributed by atoms with Gasteiger partial charge in [0.05, 0.1) is 5.52 Å². The molecule has 0 N–H and O–H groups in total. The maximum atomic E-state index is 11.2. The molecular formula is C15H9ClNO2. The average Bonchev–Trinajstić information content (AvgIpc) is 2.41. The minimum Gasteiger partial charge on any atom is -0.457 e. The van der Waals surface area contributed by atoms with Crippen molar-refractivity contribution in [2.24, 2.45) is 0 Å². The van der Waals surface area contributed by atoms with Crippen molar-refractivity contribution in [1.82, 2.24) is 4.98 Å². The Morgan fingerprint density at radius 2 is 1.74 bits per heavy atom. The van der Waals surface area contributed by atoms with Gasteiger partial charge in [-0.1, -0.05) is 17.7 Å². The Balaban J connectivity index is 2.03. The van der Waals surface area contributed by atoms with E-state index in [0.29, 0.717) is 22.0 Å². The van der Waals surface area contributed by atoms with Crippen molar-refractivity contribution in [2.75, 3.05) is 0 Å². The molecule has 0 atom stereocenters. The van der Waals surface area contributed by atoms with Gasteiger partial charge in [-0.2, -0.15) is 0 Å². The van der Waals surface area contributed by atoms with E-state index in [1.54, 1.807) is 42.5 Å². The van der Waals surface area contributed by atoms with Gasteiger partial charge >= 0.3 is 0 Å². The lowest BCUT2D eigenvalue weighted by Gasteiger charge is -2.08. The summed E-state index contributed by atoms with van der Waals surface area (Å²) >= 11 is 5.83. The van der Waals surface area contributed by atoms with E-state index in [1.165, 1.54) is 6.07 Å². The number of nitrogens with zero attached hydrogens (tertiary/aromatic N) is 1. The summed E-state index contributed by atoms with van der Waals surface area (Å²) < 4.78 is 5.79. The summed E-state index contributed by atoms with van der Waals surface area (Å²) in [6, 6.07) is 15.7. The lowest BCUT2D eigenvalue weighted by molar-refractivity contribution is 0.339. The van der Waals surface area contributed by atoms with Crippen molar-refractivity contribution < 1.29 is 9.84 Å². The molecule has 0 aliphatic heterocycles. The number of hydrogen-bond donors (Lipinski definition) is 0. The zero-order valence-corrected chi connectivity index (χ0v) is 10.6. The monoisotopic (exact) mass is 270 g/mol. The molecule has 0 saturated carbocycles. The van der Waals surface area contributed by atoms with Gasteiger partial charge < -0.3 is 4.74 Å². The number of ether oxygens (including phenoxy) is 1. The summed E-state index contributed by atoms with van der Waals surface area (Å²) in [5.74, 6) is 1.09. The standard InChI is InChI=1S/C15H9ClNO2/c16-10-4-6-11(7-5-10)19-14-3-1-2-13-12(14)8-9-15(18)17-13/h1-9H. The third-order valence-corrected chi connectivity index (χ3v) is 2.96. The number of fused-ring (bicyclic) bond motifs is 1. The summed E-state index contributed by atoms with van der Waals surface area (Å²) in [7, 11) is 0. The Morgan fingerprint density at radius 3 is 2.53 bits per heavy atom. The molecule has 2 aromatic carbocycles. The molecule has 0 aliphatic rings. The van der Waals surface area contributed by atoms with Gasteiger partial charge in [0.2, 0.25) is 0 Å². The zero-order chi connectivity index (χ0) is 13.2. The number of pyridine rings is 1. The van der Waals surface area contributed by atoms with Gasteiger partial charge in [-0.15, -0.1) is 0 Å². The molecule has 4 heteroatoms. The van der Waals surface area contributed by atoms with Crippen molar-refractivity contribution in [3.8, 4) is 17.4 Å². The summed E-state index contributed by atoms with van der Waals surface area (Å²) in [5, 5.41) is 12.7. The van der Waals surface area contributed by atoms with Crippen LogP contribution in [0.2, 0.25) is 5.02 Å². The predicted molar refractivity (Wildman–Crippen MR) is 73.4 cm³/mol. The molecule has 0 spiro atoms. The van der Waals surface area contributed by atoms with E-state index in [-0.39, 0.29) is 5.88 Å². The first-order valence-electron chi connectivity index (χ1n) is 5.72. The number of benzene rings is 2. The van der Waals surface area contributed by atoms with Crippen LogP contribution in [0.5, 0.6) is 17.4 Å². The topological polar surface area (TPSA) is 42.0 Å². The first-order chi connectivity index (χ1) is 9.22. The first kappa shape index (κ1) is 11.8. The van der Waals surface area contributed by atoms with E-state index >= 15 is 0 Å². The summed E-state index contributed by atoms with van der Waals surface area (Å²) in [6.07, 6.45) is 0. The van der Waals surface area contributed by atoms with E-state index in [0.717, 1.165) is 5.39 Å². The lowest BCUT2D eigenvalue weighted by Crippen LogP contribution is -1.87. The molecule has 3 aromatic rings. The van der Waals surface area contributed by atoms with Crippen molar-refractivity contribution in [3.63, 3.8) is 0 Å². The predicted octanol–water partition coefficient (Wildman–Crippen LogP) is 4.82. The molecule has 19 heavy (non-hydrogen) atoms. The fraction of sp³-hybridized carbons (Fsp3) is 0. The Labute approximate surface area is 115 Å². The van der Waals surface area contributed by atoms with Crippen LogP contribution in [0.25, 0.3) is 10.9 Å². The quantitative estimate of drug-likeness (QED) is 0.669. The fourth-order valence-electron chi connectivity index (χ4n) is 1.83. The van der Waals surface area contributed by atoms with Gasteiger partial charge in [-0.25, -0.2) is 4.98 Å².